The average Bonchev–Trinajstić information content (AvgIpc) is 2.34. The number of nitrogen functional groups attached to an aromatic ring is 1. The summed E-state index contributed by atoms with van der Waals surface area (Å²) in [7, 11) is -3.53. The number of rotatable bonds is 2. The Balaban J connectivity index is 2.40. The van der Waals surface area contributed by atoms with Gasteiger partial charge in [0.15, 0.2) is 0 Å². The first kappa shape index (κ1) is 15.6. The van der Waals surface area contributed by atoms with Crippen LogP contribution in [0.1, 0.15) is 32.3 Å². The van der Waals surface area contributed by atoms with E-state index in [0.29, 0.717) is 28.7 Å². The number of piperidine rings is 1. The van der Waals surface area contributed by atoms with E-state index >= 15 is 0 Å². The SMILES string of the molecule is Cc1c(N)cc(S(=O)(=O)N2CCC(C)CC2C)cc1Cl. The Kier molecular flexibility index (Phi) is 4.33. The lowest BCUT2D eigenvalue weighted by atomic mass is 9.95. The molecule has 2 rings (SSSR count). The van der Waals surface area contributed by atoms with E-state index < -0.39 is 10.0 Å². The molecule has 1 heterocycles. The van der Waals surface area contributed by atoms with Gasteiger partial charge < -0.3 is 5.73 Å². The van der Waals surface area contributed by atoms with Crippen LogP contribution in [0.25, 0.3) is 0 Å². The fourth-order valence-electron chi connectivity index (χ4n) is 2.70. The van der Waals surface area contributed by atoms with Gasteiger partial charge in [-0.2, -0.15) is 4.31 Å². The van der Waals surface area contributed by atoms with E-state index in [1.165, 1.54) is 12.1 Å². The van der Waals surface area contributed by atoms with Crippen molar-refractivity contribution in [3.8, 4) is 0 Å². The molecule has 1 aliphatic rings. The van der Waals surface area contributed by atoms with Crippen molar-refractivity contribution in [1.29, 1.82) is 0 Å². The van der Waals surface area contributed by atoms with Gasteiger partial charge in [-0.3, -0.25) is 0 Å². The van der Waals surface area contributed by atoms with Gasteiger partial charge in [0.05, 0.1) is 4.90 Å². The normalized spacial score (nSPS) is 24.8. The third kappa shape index (κ3) is 2.80. The van der Waals surface area contributed by atoms with E-state index in [-0.39, 0.29) is 10.9 Å². The summed E-state index contributed by atoms with van der Waals surface area (Å²) in [4.78, 5) is 0.187. The molecule has 2 atom stereocenters. The van der Waals surface area contributed by atoms with Gasteiger partial charge in [0.1, 0.15) is 0 Å². The van der Waals surface area contributed by atoms with Gasteiger partial charge >= 0.3 is 0 Å². The van der Waals surface area contributed by atoms with Crippen LogP contribution < -0.4 is 5.73 Å². The summed E-state index contributed by atoms with van der Waals surface area (Å²) >= 11 is 6.06. The molecule has 0 amide bonds. The number of hydrogen-bond acceptors (Lipinski definition) is 3. The van der Waals surface area contributed by atoms with Gasteiger partial charge in [-0.1, -0.05) is 18.5 Å². The second-order valence-corrected chi connectivity index (χ2v) is 8.01. The molecule has 20 heavy (non-hydrogen) atoms. The van der Waals surface area contributed by atoms with E-state index in [9.17, 15) is 8.42 Å². The molecule has 1 saturated heterocycles. The first-order valence-corrected chi connectivity index (χ1v) is 8.62. The maximum atomic E-state index is 12.7. The van der Waals surface area contributed by atoms with Crippen molar-refractivity contribution in [3.05, 3.63) is 22.7 Å². The highest BCUT2D eigenvalue weighted by molar-refractivity contribution is 7.89. The second-order valence-electron chi connectivity index (χ2n) is 5.71. The molecule has 0 radical (unpaired) electrons. The van der Waals surface area contributed by atoms with Crippen LogP contribution in [0.5, 0.6) is 0 Å². The lowest BCUT2D eigenvalue weighted by Gasteiger charge is -2.35. The molecule has 1 aliphatic heterocycles. The molecule has 112 valence electrons. The van der Waals surface area contributed by atoms with Crippen molar-refractivity contribution in [2.24, 2.45) is 5.92 Å². The van der Waals surface area contributed by atoms with Crippen LogP contribution in [0.2, 0.25) is 5.02 Å². The number of hydrogen-bond donors (Lipinski definition) is 1. The molecule has 0 bridgehead atoms. The topological polar surface area (TPSA) is 63.4 Å². The molecule has 0 aromatic heterocycles. The number of sulfonamides is 1. The molecule has 0 aliphatic carbocycles. The van der Waals surface area contributed by atoms with E-state index in [1.54, 1.807) is 11.2 Å². The Labute approximate surface area is 126 Å². The lowest BCUT2D eigenvalue weighted by Crippen LogP contribution is -2.44. The fourth-order valence-corrected chi connectivity index (χ4v) is 4.71. The minimum atomic E-state index is -3.53. The minimum Gasteiger partial charge on any atom is -0.398 e. The summed E-state index contributed by atoms with van der Waals surface area (Å²) in [5.74, 6) is 0.558. The molecular formula is C14H21ClN2O2S. The van der Waals surface area contributed by atoms with E-state index in [1.807, 2.05) is 6.92 Å². The minimum absolute atomic E-state index is 0.00468. The summed E-state index contributed by atoms with van der Waals surface area (Å²) in [5, 5.41) is 0.390. The monoisotopic (exact) mass is 316 g/mol. The number of benzene rings is 1. The first-order valence-electron chi connectivity index (χ1n) is 6.81. The van der Waals surface area contributed by atoms with Crippen LogP contribution in [0.4, 0.5) is 5.69 Å². The van der Waals surface area contributed by atoms with Gasteiger partial charge in [0, 0.05) is 23.3 Å². The van der Waals surface area contributed by atoms with E-state index in [2.05, 4.69) is 6.92 Å². The van der Waals surface area contributed by atoms with Crippen molar-refractivity contribution in [1.82, 2.24) is 4.31 Å². The number of halogens is 1. The lowest BCUT2D eigenvalue weighted by molar-refractivity contribution is 0.220. The van der Waals surface area contributed by atoms with Gasteiger partial charge in [-0.25, -0.2) is 8.42 Å². The molecule has 0 saturated carbocycles. The smallest absolute Gasteiger partial charge is 0.243 e. The Morgan fingerprint density at radius 3 is 2.55 bits per heavy atom. The summed E-state index contributed by atoms with van der Waals surface area (Å²) in [6.45, 7) is 6.43. The molecule has 0 spiro atoms. The molecular weight excluding hydrogens is 296 g/mol. The van der Waals surface area contributed by atoms with Gasteiger partial charge in [0.25, 0.3) is 0 Å². The zero-order valence-electron chi connectivity index (χ0n) is 12.1. The second kappa shape index (κ2) is 5.54. The molecule has 4 nitrogen and oxygen atoms in total. The molecule has 6 heteroatoms. The van der Waals surface area contributed by atoms with Crippen molar-refractivity contribution in [3.63, 3.8) is 0 Å². The van der Waals surface area contributed by atoms with Crippen LogP contribution in [0, 0.1) is 12.8 Å². The third-order valence-electron chi connectivity index (χ3n) is 4.04. The Hall–Kier alpha value is -0.780. The van der Waals surface area contributed by atoms with Crippen molar-refractivity contribution < 1.29 is 8.42 Å². The summed E-state index contributed by atoms with van der Waals surface area (Å²) in [5.41, 5.74) is 6.96. The van der Waals surface area contributed by atoms with Gasteiger partial charge in [0.2, 0.25) is 10.0 Å². The quantitative estimate of drug-likeness (QED) is 0.853. The maximum Gasteiger partial charge on any atom is 0.243 e. The highest BCUT2D eigenvalue weighted by Crippen LogP contribution is 2.31. The number of nitrogens with zero attached hydrogens (tertiary/aromatic N) is 1. The van der Waals surface area contributed by atoms with E-state index in [0.717, 1.165) is 12.8 Å². The maximum absolute atomic E-state index is 12.7. The molecule has 1 fully saturated rings. The van der Waals surface area contributed by atoms with Crippen LogP contribution in [-0.2, 0) is 10.0 Å². The van der Waals surface area contributed by atoms with Crippen LogP contribution in [0.3, 0.4) is 0 Å². The van der Waals surface area contributed by atoms with Crippen molar-refractivity contribution in [2.45, 2.75) is 44.6 Å². The van der Waals surface area contributed by atoms with Crippen LogP contribution in [-0.4, -0.2) is 25.3 Å². The number of anilines is 1. The molecule has 2 unspecified atom stereocenters. The largest absolute Gasteiger partial charge is 0.398 e. The summed E-state index contributed by atoms with van der Waals surface area (Å²) < 4.78 is 27.0. The highest BCUT2D eigenvalue weighted by Gasteiger charge is 2.33. The summed E-state index contributed by atoms with van der Waals surface area (Å²) in [6, 6.07) is 3.00. The van der Waals surface area contributed by atoms with Gasteiger partial charge in [-0.15, -0.1) is 0 Å². The Bertz CT molecular complexity index is 593. The molecule has 2 N–H and O–H groups in total. The molecule has 1 aromatic carbocycles. The Morgan fingerprint density at radius 2 is 2.00 bits per heavy atom. The average molecular weight is 317 g/mol. The predicted octanol–water partition coefficient (Wildman–Crippen LogP) is 3.04. The first-order chi connectivity index (χ1) is 9.23. The standard InChI is InChI=1S/C14H21ClN2O2S/c1-9-4-5-17(10(2)6-9)20(18,19)12-7-13(15)11(3)14(16)8-12/h7-10H,4-6,16H2,1-3H3. The zero-order chi connectivity index (χ0) is 15.1. The summed E-state index contributed by atoms with van der Waals surface area (Å²) in [6.07, 6.45) is 1.77. The Morgan fingerprint density at radius 1 is 1.35 bits per heavy atom. The van der Waals surface area contributed by atoms with Crippen molar-refractivity contribution >= 4 is 27.3 Å². The predicted molar refractivity (Wildman–Crippen MR) is 82.4 cm³/mol. The van der Waals surface area contributed by atoms with Crippen molar-refractivity contribution in [2.75, 3.05) is 12.3 Å². The molecule has 1 aromatic rings. The highest BCUT2D eigenvalue weighted by atomic mass is 35.5. The third-order valence-corrected chi connectivity index (χ3v) is 6.43. The van der Waals surface area contributed by atoms with Gasteiger partial charge in [-0.05, 0) is 50.3 Å². The van der Waals surface area contributed by atoms with Crippen LogP contribution >= 0.6 is 11.6 Å². The van der Waals surface area contributed by atoms with Crippen LogP contribution in [0.15, 0.2) is 17.0 Å². The zero-order valence-corrected chi connectivity index (χ0v) is 13.6. The fraction of sp³-hybridized carbons (Fsp3) is 0.571. The number of nitrogens with two attached hydrogens (primary N) is 1. The van der Waals surface area contributed by atoms with E-state index in [4.69, 9.17) is 17.3 Å².